The molecule has 28 heavy (non-hydrogen) atoms. The number of carbonyl (C=O) groups excluding carboxylic acids is 1. The van der Waals surface area contributed by atoms with Crippen LogP contribution < -0.4 is 15.7 Å². The van der Waals surface area contributed by atoms with E-state index in [1.54, 1.807) is 0 Å². The normalized spacial score (nSPS) is 10.3. The van der Waals surface area contributed by atoms with Gasteiger partial charge >= 0.3 is 0 Å². The third-order valence-corrected chi connectivity index (χ3v) is 4.09. The predicted molar refractivity (Wildman–Crippen MR) is 103 cm³/mol. The molecule has 1 aromatic heterocycles. The van der Waals surface area contributed by atoms with Gasteiger partial charge in [-0.2, -0.15) is 4.73 Å². The van der Waals surface area contributed by atoms with Gasteiger partial charge in [-0.3, -0.25) is 19.7 Å². The lowest BCUT2D eigenvalue weighted by Crippen LogP contribution is -2.32. The molecule has 0 bridgehead atoms. The summed E-state index contributed by atoms with van der Waals surface area (Å²) < 4.78 is 0.995. The first-order chi connectivity index (χ1) is 13.5. The summed E-state index contributed by atoms with van der Waals surface area (Å²) in [6, 6.07) is 16.0. The molecule has 0 fully saturated rings. The van der Waals surface area contributed by atoms with Crippen molar-refractivity contribution >= 4 is 17.3 Å². The molecular formula is C20H17N3O5. The van der Waals surface area contributed by atoms with Crippen LogP contribution in [-0.4, -0.2) is 15.6 Å². The average Bonchev–Trinajstić information content (AvgIpc) is 2.68. The highest BCUT2D eigenvalue weighted by atomic mass is 16.7. The second-order valence-corrected chi connectivity index (χ2v) is 6.01. The van der Waals surface area contributed by atoms with Gasteiger partial charge in [0.2, 0.25) is 0 Å². The molecule has 3 rings (SSSR count). The summed E-state index contributed by atoms with van der Waals surface area (Å²) in [5, 5.41) is 13.3. The summed E-state index contributed by atoms with van der Waals surface area (Å²) >= 11 is 0. The highest BCUT2D eigenvalue weighted by Gasteiger charge is 2.15. The van der Waals surface area contributed by atoms with Crippen LogP contribution in [0.4, 0.5) is 11.4 Å². The summed E-state index contributed by atoms with van der Waals surface area (Å²) in [5.74, 6) is -0.681. The van der Waals surface area contributed by atoms with Crippen molar-refractivity contribution in [2.75, 3.05) is 5.32 Å². The number of nitro groups is 1. The maximum Gasteiger partial charge on any atom is 0.295 e. The highest BCUT2D eigenvalue weighted by molar-refractivity contribution is 6.04. The molecule has 8 heteroatoms. The third-order valence-electron chi connectivity index (χ3n) is 4.09. The number of nitrogens with zero attached hydrogens (tertiary/aromatic N) is 2. The molecule has 0 radical (unpaired) electrons. The zero-order valence-corrected chi connectivity index (χ0v) is 15.0. The van der Waals surface area contributed by atoms with Crippen LogP contribution in [0.15, 0.2) is 71.7 Å². The van der Waals surface area contributed by atoms with Gasteiger partial charge in [-0.15, -0.1) is 0 Å². The lowest BCUT2D eigenvalue weighted by Gasteiger charge is -2.11. The Hall–Kier alpha value is -3.94. The quantitative estimate of drug-likeness (QED) is 0.524. The average molecular weight is 379 g/mol. The molecule has 3 aromatic rings. The van der Waals surface area contributed by atoms with Gasteiger partial charge in [0.1, 0.15) is 12.2 Å². The summed E-state index contributed by atoms with van der Waals surface area (Å²) in [6.07, 6.45) is 1.42. The molecule has 2 aromatic carbocycles. The number of aryl methyl sites for hydroxylation is 1. The van der Waals surface area contributed by atoms with Crippen LogP contribution in [-0.2, 0) is 6.61 Å². The number of non-ortho nitro benzene ring substituents is 1. The van der Waals surface area contributed by atoms with E-state index in [0.29, 0.717) is 0 Å². The molecule has 0 spiro atoms. The van der Waals surface area contributed by atoms with Crippen LogP contribution in [0.3, 0.4) is 0 Å². The minimum Gasteiger partial charge on any atom is -0.406 e. The van der Waals surface area contributed by atoms with Crippen LogP contribution in [0.1, 0.15) is 21.5 Å². The van der Waals surface area contributed by atoms with Crippen LogP contribution in [0.25, 0.3) is 0 Å². The van der Waals surface area contributed by atoms with E-state index in [-0.39, 0.29) is 23.5 Å². The van der Waals surface area contributed by atoms with Gasteiger partial charge in [0.25, 0.3) is 17.2 Å². The third kappa shape index (κ3) is 4.24. The smallest absolute Gasteiger partial charge is 0.295 e. The van der Waals surface area contributed by atoms with E-state index in [1.165, 1.54) is 42.6 Å². The van der Waals surface area contributed by atoms with E-state index >= 15 is 0 Å². The second-order valence-electron chi connectivity index (χ2n) is 6.01. The van der Waals surface area contributed by atoms with Crippen molar-refractivity contribution in [2.45, 2.75) is 13.5 Å². The first-order valence-electron chi connectivity index (χ1n) is 8.41. The van der Waals surface area contributed by atoms with Crippen LogP contribution in [0.2, 0.25) is 0 Å². The molecule has 0 saturated heterocycles. The highest BCUT2D eigenvalue weighted by Crippen LogP contribution is 2.17. The number of pyridine rings is 1. The fourth-order valence-corrected chi connectivity index (χ4v) is 2.56. The van der Waals surface area contributed by atoms with Gasteiger partial charge in [0, 0.05) is 24.0 Å². The summed E-state index contributed by atoms with van der Waals surface area (Å²) in [6.45, 7) is 2.10. The molecule has 0 aliphatic heterocycles. The minimum atomic E-state index is -0.681. The molecule has 1 N–H and O–H groups in total. The van der Waals surface area contributed by atoms with E-state index in [1.807, 2.05) is 31.2 Å². The summed E-state index contributed by atoms with van der Waals surface area (Å²) in [5.41, 5.74) is 1.23. The van der Waals surface area contributed by atoms with Crippen molar-refractivity contribution in [3.8, 4) is 0 Å². The minimum absolute atomic E-state index is 0.140. The Bertz CT molecular complexity index is 1090. The zero-order chi connectivity index (χ0) is 20.1. The Morgan fingerprint density at radius 3 is 2.68 bits per heavy atom. The Morgan fingerprint density at radius 2 is 1.93 bits per heavy atom. The number of carbonyl (C=O) groups is 1. The number of hydrogen-bond donors (Lipinski definition) is 1. The molecule has 1 heterocycles. The number of nitro benzene ring substituents is 1. The van der Waals surface area contributed by atoms with Crippen molar-refractivity contribution in [3.63, 3.8) is 0 Å². The number of amides is 1. The Kier molecular flexibility index (Phi) is 5.50. The standard InChI is InChI=1S/C20H17N3O5/c1-14-6-2-3-7-15(14)13-28-22-11-5-10-18(20(22)25)19(24)21-16-8-4-9-17(12-16)23(26)27/h2-12H,13H2,1H3,(H,21,24). The molecule has 0 unspecified atom stereocenters. The van der Waals surface area contributed by atoms with Gasteiger partial charge < -0.3 is 10.2 Å². The molecule has 142 valence electrons. The van der Waals surface area contributed by atoms with Crippen molar-refractivity contribution < 1.29 is 14.6 Å². The van der Waals surface area contributed by atoms with Crippen LogP contribution in [0.5, 0.6) is 0 Å². The van der Waals surface area contributed by atoms with Crippen LogP contribution in [0, 0.1) is 17.0 Å². The molecular weight excluding hydrogens is 362 g/mol. The molecule has 1 amide bonds. The largest absolute Gasteiger partial charge is 0.406 e. The van der Waals surface area contributed by atoms with Gasteiger partial charge in [-0.05, 0) is 36.2 Å². The van der Waals surface area contributed by atoms with Crippen molar-refractivity contribution in [1.82, 2.24) is 4.73 Å². The number of benzene rings is 2. The SMILES string of the molecule is Cc1ccccc1COn1cccc(C(=O)Nc2cccc([N+](=O)[O-])c2)c1=O. The maximum absolute atomic E-state index is 12.6. The number of nitrogens with one attached hydrogen (secondary N) is 1. The van der Waals surface area contributed by atoms with Crippen molar-refractivity contribution in [3.05, 3.63) is 104 Å². The van der Waals surface area contributed by atoms with E-state index in [4.69, 9.17) is 4.84 Å². The predicted octanol–water partition coefficient (Wildman–Crippen LogP) is 2.95. The first-order valence-corrected chi connectivity index (χ1v) is 8.41. The Balaban J connectivity index is 1.77. The maximum atomic E-state index is 12.6. The van der Waals surface area contributed by atoms with Gasteiger partial charge in [0.15, 0.2) is 0 Å². The van der Waals surface area contributed by atoms with Gasteiger partial charge in [0.05, 0.1) is 4.92 Å². The second kappa shape index (κ2) is 8.17. The zero-order valence-electron chi connectivity index (χ0n) is 15.0. The number of rotatable bonds is 6. The first kappa shape index (κ1) is 18.8. The fraction of sp³-hybridized carbons (Fsp3) is 0.100. The Labute approximate surface area is 160 Å². The molecule has 0 atom stereocenters. The van der Waals surface area contributed by atoms with E-state index in [0.717, 1.165) is 15.9 Å². The lowest BCUT2D eigenvalue weighted by molar-refractivity contribution is -0.384. The number of aromatic nitrogens is 1. The van der Waals surface area contributed by atoms with Gasteiger partial charge in [-0.1, -0.05) is 30.3 Å². The fourth-order valence-electron chi connectivity index (χ4n) is 2.56. The van der Waals surface area contributed by atoms with Crippen LogP contribution >= 0.6 is 0 Å². The number of hydrogen-bond acceptors (Lipinski definition) is 5. The monoisotopic (exact) mass is 379 g/mol. The topological polar surface area (TPSA) is 103 Å². The van der Waals surface area contributed by atoms with Crippen molar-refractivity contribution in [2.24, 2.45) is 0 Å². The van der Waals surface area contributed by atoms with E-state index in [9.17, 15) is 19.7 Å². The number of anilines is 1. The Morgan fingerprint density at radius 1 is 1.14 bits per heavy atom. The van der Waals surface area contributed by atoms with E-state index in [2.05, 4.69) is 5.32 Å². The van der Waals surface area contributed by atoms with Crippen molar-refractivity contribution in [1.29, 1.82) is 0 Å². The molecule has 8 nitrogen and oxygen atoms in total. The summed E-state index contributed by atoms with van der Waals surface area (Å²) in [7, 11) is 0. The molecule has 0 aliphatic carbocycles. The van der Waals surface area contributed by atoms with Gasteiger partial charge in [-0.25, -0.2) is 0 Å². The molecule has 0 saturated carbocycles. The lowest BCUT2D eigenvalue weighted by atomic mass is 10.1. The van der Waals surface area contributed by atoms with E-state index < -0.39 is 16.4 Å². The molecule has 0 aliphatic rings. The summed E-state index contributed by atoms with van der Waals surface area (Å²) in [4.78, 5) is 40.8.